The summed E-state index contributed by atoms with van der Waals surface area (Å²) in [6.45, 7) is -0.528. The minimum atomic E-state index is -1.24. The second-order valence-corrected chi connectivity index (χ2v) is 6.76. The van der Waals surface area contributed by atoms with E-state index < -0.39 is 30.2 Å². The summed E-state index contributed by atoms with van der Waals surface area (Å²) >= 11 is 1.34. The summed E-state index contributed by atoms with van der Waals surface area (Å²) in [5, 5.41) is 30.8. The Morgan fingerprint density at radius 3 is 2.62 bits per heavy atom. The largest absolute Gasteiger partial charge is 0.403 e. The fourth-order valence-corrected chi connectivity index (χ4v) is 2.81. The molecule has 0 fully saturated rings. The molecule has 1 atom stereocenters. The molecule has 0 saturated carbocycles. The van der Waals surface area contributed by atoms with Crippen molar-refractivity contribution in [2.45, 2.75) is 11.0 Å². The molecule has 0 aliphatic carbocycles. The molecule has 1 heterocycles. The molecule has 0 amide bonds. The van der Waals surface area contributed by atoms with Crippen LogP contribution >= 0.6 is 11.8 Å². The summed E-state index contributed by atoms with van der Waals surface area (Å²) in [6.07, 6.45) is 0.741. The third-order valence-electron chi connectivity index (χ3n) is 3.89. The summed E-state index contributed by atoms with van der Waals surface area (Å²) in [5.41, 5.74) is -0.413. The zero-order valence-corrected chi connectivity index (χ0v) is 15.9. The molecule has 11 heteroatoms. The summed E-state index contributed by atoms with van der Waals surface area (Å²) in [6, 6.07) is 6.31. The van der Waals surface area contributed by atoms with Gasteiger partial charge >= 0.3 is 6.01 Å². The van der Waals surface area contributed by atoms with Crippen LogP contribution in [0, 0.1) is 17.5 Å². The predicted octanol–water partition coefficient (Wildman–Crippen LogP) is 3.38. The maximum absolute atomic E-state index is 14.5. The van der Waals surface area contributed by atoms with Crippen molar-refractivity contribution in [2.75, 3.05) is 30.0 Å². The number of halogens is 3. The zero-order chi connectivity index (χ0) is 21.0. The van der Waals surface area contributed by atoms with Crippen molar-refractivity contribution in [3.05, 3.63) is 47.8 Å². The Hall–Kier alpha value is -2.76. The third kappa shape index (κ3) is 4.81. The van der Waals surface area contributed by atoms with Crippen molar-refractivity contribution >= 4 is 29.2 Å². The monoisotopic (exact) mass is 426 g/mol. The van der Waals surface area contributed by atoms with Crippen LogP contribution in [0.4, 0.5) is 30.6 Å². The van der Waals surface area contributed by atoms with Gasteiger partial charge in [0.25, 0.3) is 5.89 Å². The van der Waals surface area contributed by atoms with E-state index in [1.165, 1.54) is 30.0 Å². The molecular formula is C18H17F3N4O3S. The van der Waals surface area contributed by atoms with Gasteiger partial charge in [0.1, 0.15) is 5.82 Å². The van der Waals surface area contributed by atoms with E-state index in [9.17, 15) is 18.3 Å². The first-order valence-corrected chi connectivity index (χ1v) is 9.60. The van der Waals surface area contributed by atoms with Crippen molar-refractivity contribution < 1.29 is 27.8 Å². The fourth-order valence-electron chi connectivity index (χ4n) is 2.38. The standard InChI is InChI=1S/C18H17F3N4O3S/c1-29-10-2-5-14(13(20)6-10)23-16-11(3-4-12(19)15(16)21)17-24-25-18(28-17)22-7-9(27)8-26/h2-6,9,23,26-27H,7-8H2,1H3,(H,22,25)/t9-/m1/s1. The molecule has 0 unspecified atom stereocenters. The Morgan fingerprint density at radius 1 is 1.14 bits per heavy atom. The summed E-state index contributed by atoms with van der Waals surface area (Å²) in [5.74, 6) is -3.17. The van der Waals surface area contributed by atoms with Crippen LogP contribution in [-0.2, 0) is 0 Å². The lowest BCUT2D eigenvalue weighted by Crippen LogP contribution is -2.23. The van der Waals surface area contributed by atoms with E-state index in [4.69, 9.17) is 9.52 Å². The van der Waals surface area contributed by atoms with Crippen LogP contribution in [0.2, 0.25) is 0 Å². The fraction of sp³-hybridized carbons (Fsp3) is 0.222. The van der Waals surface area contributed by atoms with Gasteiger partial charge in [0.15, 0.2) is 11.6 Å². The molecule has 29 heavy (non-hydrogen) atoms. The Morgan fingerprint density at radius 2 is 1.93 bits per heavy atom. The molecule has 4 N–H and O–H groups in total. The van der Waals surface area contributed by atoms with Gasteiger partial charge in [-0.3, -0.25) is 0 Å². The number of aliphatic hydroxyl groups is 2. The highest BCUT2D eigenvalue weighted by atomic mass is 32.2. The molecule has 0 bridgehead atoms. The van der Waals surface area contributed by atoms with Gasteiger partial charge < -0.3 is 25.3 Å². The lowest BCUT2D eigenvalue weighted by Gasteiger charge is -2.13. The number of hydrogen-bond donors (Lipinski definition) is 4. The summed E-state index contributed by atoms with van der Waals surface area (Å²) < 4.78 is 48.0. The Balaban J connectivity index is 1.93. The van der Waals surface area contributed by atoms with Gasteiger partial charge in [-0.25, -0.2) is 13.2 Å². The maximum atomic E-state index is 14.5. The molecule has 0 radical (unpaired) electrons. The van der Waals surface area contributed by atoms with Crippen LogP contribution in [0.3, 0.4) is 0 Å². The quantitative estimate of drug-likeness (QED) is 0.407. The highest BCUT2D eigenvalue weighted by molar-refractivity contribution is 7.98. The van der Waals surface area contributed by atoms with E-state index in [1.807, 2.05) is 0 Å². The number of nitrogens with zero attached hydrogens (tertiary/aromatic N) is 2. The number of anilines is 3. The first-order valence-electron chi connectivity index (χ1n) is 8.38. The first-order chi connectivity index (χ1) is 13.9. The lowest BCUT2D eigenvalue weighted by atomic mass is 10.1. The van der Waals surface area contributed by atoms with Gasteiger partial charge in [0, 0.05) is 11.4 Å². The Kier molecular flexibility index (Phi) is 6.62. The van der Waals surface area contributed by atoms with Crippen molar-refractivity contribution in [1.82, 2.24) is 10.2 Å². The number of rotatable bonds is 8. The lowest BCUT2D eigenvalue weighted by molar-refractivity contribution is 0.105. The van der Waals surface area contributed by atoms with Gasteiger partial charge in [-0.1, -0.05) is 5.10 Å². The second-order valence-electron chi connectivity index (χ2n) is 5.88. The minimum Gasteiger partial charge on any atom is -0.403 e. The first kappa shape index (κ1) is 21.0. The number of thioether (sulfide) groups is 1. The van der Waals surface area contributed by atoms with Crippen molar-refractivity contribution in [3.63, 3.8) is 0 Å². The second kappa shape index (κ2) is 9.16. The minimum absolute atomic E-state index is 0.0144. The topological polar surface area (TPSA) is 103 Å². The van der Waals surface area contributed by atoms with Crippen LogP contribution < -0.4 is 10.6 Å². The SMILES string of the molecule is CSc1ccc(Nc2c(-c3nnc(NC[C@@H](O)CO)o3)ccc(F)c2F)c(F)c1. The van der Waals surface area contributed by atoms with Gasteiger partial charge in [-0.15, -0.1) is 16.9 Å². The van der Waals surface area contributed by atoms with Crippen molar-refractivity contribution in [1.29, 1.82) is 0 Å². The zero-order valence-electron chi connectivity index (χ0n) is 15.1. The molecule has 0 aliphatic heterocycles. The van der Waals surface area contributed by atoms with Crippen molar-refractivity contribution in [3.8, 4) is 11.5 Å². The van der Waals surface area contributed by atoms with E-state index in [0.29, 0.717) is 4.90 Å². The highest BCUT2D eigenvalue weighted by Gasteiger charge is 2.21. The van der Waals surface area contributed by atoms with E-state index in [0.717, 1.165) is 6.07 Å². The maximum Gasteiger partial charge on any atom is 0.315 e. The van der Waals surface area contributed by atoms with Crippen LogP contribution in [0.25, 0.3) is 11.5 Å². The molecule has 2 aromatic carbocycles. The number of nitrogens with one attached hydrogen (secondary N) is 2. The van der Waals surface area contributed by atoms with Gasteiger partial charge in [0.2, 0.25) is 0 Å². The molecule has 7 nitrogen and oxygen atoms in total. The van der Waals surface area contributed by atoms with E-state index in [2.05, 4.69) is 20.8 Å². The molecule has 0 aliphatic rings. The summed E-state index contributed by atoms with van der Waals surface area (Å²) in [4.78, 5) is 0.672. The summed E-state index contributed by atoms with van der Waals surface area (Å²) in [7, 11) is 0. The van der Waals surface area contributed by atoms with Crippen LogP contribution in [0.1, 0.15) is 0 Å². The van der Waals surface area contributed by atoms with Crippen LogP contribution in [0.15, 0.2) is 39.6 Å². The number of aliphatic hydroxyl groups excluding tert-OH is 2. The number of hydrogen-bond acceptors (Lipinski definition) is 8. The third-order valence-corrected chi connectivity index (χ3v) is 4.61. The van der Waals surface area contributed by atoms with Crippen molar-refractivity contribution in [2.24, 2.45) is 0 Å². The number of benzene rings is 2. The number of aromatic nitrogens is 2. The average molecular weight is 426 g/mol. The van der Waals surface area contributed by atoms with E-state index >= 15 is 0 Å². The molecular weight excluding hydrogens is 409 g/mol. The molecule has 154 valence electrons. The predicted molar refractivity (Wildman–Crippen MR) is 103 cm³/mol. The molecule has 1 aromatic heterocycles. The average Bonchev–Trinajstić information content (AvgIpc) is 3.19. The highest BCUT2D eigenvalue weighted by Crippen LogP contribution is 2.35. The smallest absolute Gasteiger partial charge is 0.315 e. The van der Waals surface area contributed by atoms with Gasteiger partial charge in [0.05, 0.1) is 29.6 Å². The Bertz CT molecular complexity index is 1000. The molecule has 3 rings (SSSR count). The molecule has 0 saturated heterocycles. The van der Waals surface area contributed by atoms with Gasteiger partial charge in [-0.05, 0) is 36.6 Å². The normalized spacial score (nSPS) is 12.1. The molecule has 3 aromatic rings. The van der Waals surface area contributed by atoms with E-state index in [1.54, 1.807) is 12.3 Å². The van der Waals surface area contributed by atoms with Crippen LogP contribution in [-0.4, -0.2) is 45.9 Å². The Labute approximate surface area is 168 Å². The van der Waals surface area contributed by atoms with Crippen LogP contribution in [0.5, 0.6) is 0 Å². The molecule has 0 spiro atoms. The van der Waals surface area contributed by atoms with Gasteiger partial charge in [-0.2, -0.15) is 0 Å². The van der Waals surface area contributed by atoms with E-state index in [-0.39, 0.29) is 35.4 Å².